The molecule has 1 aliphatic heterocycles. The molecule has 2 aromatic heterocycles. The summed E-state index contributed by atoms with van der Waals surface area (Å²) in [5, 5.41) is 8.41. The van der Waals surface area contributed by atoms with Crippen molar-refractivity contribution in [1.82, 2.24) is 10.2 Å². The molecule has 1 aliphatic rings. The number of amides is 1. The van der Waals surface area contributed by atoms with E-state index in [2.05, 4.69) is 23.2 Å². The fourth-order valence-electron chi connectivity index (χ4n) is 3.12. The summed E-state index contributed by atoms with van der Waals surface area (Å²) < 4.78 is 10.9. The number of hydrogen-bond donors (Lipinski definition) is 0. The van der Waals surface area contributed by atoms with E-state index in [1.54, 1.807) is 12.3 Å². The Morgan fingerprint density at radius 2 is 2.16 bits per heavy atom. The van der Waals surface area contributed by atoms with Gasteiger partial charge in [-0.05, 0) is 38.0 Å². The van der Waals surface area contributed by atoms with Gasteiger partial charge >= 0.3 is 0 Å². The molecule has 0 fully saturated rings. The van der Waals surface area contributed by atoms with E-state index in [-0.39, 0.29) is 17.7 Å². The van der Waals surface area contributed by atoms with Gasteiger partial charge in [0.1, 0.15) is 5.76 Å². The van der Waals surface area contributed by atoms with Crippen LogP contribution in [-0.4, -0.2) is 27.9 Å². The third-order valence-electron chi connectivity index (χ3n) is 4.29. The van der Waals surface area contributed by atoms with E-state index in [1.807, 2.05) is 30.0 Å². The van der Waals surface area contributed by atoms with E-state index in [1.165, 1.54) is 17.3 Å². The zero-order chi connectivity index (χ0) is 17.4. The van der Waals surface area contributed by atoms with Crippen LogP contribution in [0.25, 0.3) is 11.5 Å². The Morgan fingerprint density at radius 1 is 1.32 bits per heavy atom. The maximum atomic E-state index is 12.7. The number of thioether (sulfide) groups is 1. The zero-order valence-corrected chi connectivity index (χ0v) is 14.7. The van der Waals surface area contributed by atoms with Gasteiger partial charge in [-0.2, -0.15) is 0 Å². The minimum atomic E-state index is 0.0432. The molecule has 128 valence electrons. The molecule has 0 unspecified atom stereocenters. The van der Waals surface area contributed by atoms with Gasteiger partial charge in [0.25, 0.3) is 11.1 Å². The lowest BCUT2D eigenvalue weighted by atomic mass is 10.1. The summed E-state index contributed by atoms with van der Waals surface area (Å²) in [6.45, 7) is 3.90. The number of para-hydroxylation sites is 1. The second-order valence-electron chi connectivity index (χ2n) is 6.00. The van der Waals surface area contributed by atoms with Crippen LogP contribution in [0.1, 0.15) is 18.2 Å². The maximum absolute atomic E-state index is 12.7. The first-order valence-electron chi connectivity index (χ1n) is 8.04. The number of furan rings is 1. The zero-order valence-electron chi connectivity index (χ0n) is 13.9. The summed E-state index contributed by atoms with van der Waals surface area (Å²) in [5.74, 6) is 1.42. The lowest BCUT2D eigenvalue weighted by Crippen LogP contribution is -2.36. The molecule has 3 aromatic rings. The first-order valence-corrected chi connectivity index (χ1v) is 9.03. The third kappa shape index (κ3) is 2.95. The first-order chi connectivity index (χ1) is 12.1. The predicted octanol–water partition coefficient (Wildman–Crippen LogP) is 3.71. The summed E-state index contributed by atoms with van der Waals surface area (Å²) >= 11 is 1.25. The van der Waals surface area contributed by atoms with Gasteiger partial charge in [0.05, 0.1) is 17.6 Å². The number of aryl methyl sites for hydroxylation is 1. The molecule has 0 spiro atoms. The normalized spacial score (nSPS) is 16.2. The minimum absolute atomic E-state index is 0.0432. The maximum Gasteiger partial charge on any atom is 0.277 e. The highest BCUT2D eigenvalue weighted by Gasteiger charge is 2.30. The van der Waals surface area contributed by atoms with Gasteiger partial charge in [0.2, 0.25) is 5.91 Å². The number of benzene rings is 1. The van der Waals surface area contributed by atoms with Crippen molar-refractivity contribution in [3.05, 3.63) is 47.9 Å². The van der Waals surface area contributed by atoms with Crippen LogP contribution in [0.15, 0.2) is 50.7 Å². The standard InChI is InChI=1S/C18H17N3O3S/c1-11-9-13-5-3-4-6-15(13)21(11)16(22)10-25-18-20-19-17(24-18)14-7-8-23-12(14)2/h3-8,11H,9-10H2,1-2H3/t11-/m1/s1. The van der Waals surface area contributed by atoms with Crippen molar-refractivity contribution in [3.63, 3.8) is 0 Å². The van der Waals surface area contributed by atoms with Crippen LogP contribution >= 0.6 is 11.8 Å². The predicted molar refractivity (Wildman–Crippen MR) is 94.6 cm³/mol. The van der Waals surface area contributed by atoms with Gasteiger partial charge in [-0.3, -0.25) is 4.79 Å². The van der Waals surface area contributed by atoms with Crippen LogP contribution in [0, 0.1) is 6.92 Å². The van der Waals surface area contributed by atoms with Crippen LogP contribution in [-0.2, 0) is 11.2 Å². The average Bonchev–Trinajstić information content (AvgIpc) is 3.30. The number of hydrogen-bond acceptors (Lipinski definition) is 6. The molecule has 6 nitrogen and oxygen atoms in total. The molecule has 0 radical (unpaired) electrons. The van der Waals surface area contributed by atoms with Crippen molar-refractivity contribution in [3.8, 4) is 11.5 Å². The van der Waals surface area contributed by atoms with Crippen molar-refractivity contribution in [2.24, 2.45) is 0 Å². The molecule has 0 saturated heterocycles. The van der Waals surface area contributed by atoms with Gasteiger partial charge in [0.15, 0.2) is 0 Å². The van der Waals surface area contributed by atoms with E-state index in [0.717, 1.165) is 23.4 Å². The van der Waals surface area contributed by atoms with Crippen LogP contribution in [0.5, 0.6) is 0 Å². The van der Waals surface area contributed by atoms with E-state index >= 15 is 0 Å². The van der Waals surface area contributed by atoms with E-state index in [4.69, 9.17) is 8.83 Å². The number of anilines is 1. The number of nitrogens with zero attached hydrogens (tertiary/aromatic N) is 3. The molecule has 0 aliphatic carbocycles. The van der Waals surface area contributed by atoms with Crippen LogP contribution in [0.4, 0.5) is 5.69 Å². The summed E-state index contributed by atoms with van der Waals surface area (Å²) in [6.07, 6.45) is 2.47. The van der Waals surface area contributed by atoms with Crippen LogP contribution in [0.2, 0.25) is 0 Å². The topological polar surface area (TPSA) is 72.4 Å². The van der Waals surface area contributed by atoms with E-state index in [0.29, 0.717) is 11.1 Å². The van der Waals surface area contributed by atoms with Crippen molar-refractivity contribution in [2.75, 3.05) is 10.7 Å². The molecule has 0 bridgehead atoms. The molecule has 1 atom stereocenters. The molecule has 4 rings (SSSR count). The molecule has 0 saturated carbocycles. The summed E-state index contributed by atoms with van der Waals surface area (Å²) in [7, 11) is 0. The highest BCUT2D eigenvalue weighted by molar-refractivity contribution is 7.99. The van der Waals surface area contributed by atoms with Crippen molar-refractivity contribution in [2.45, 2.75) is 31.5 Å². The molecule has 0 N–H and O–H groups in total. The average molecular weight is 355 g/mol. The van der Waals surface area contributed by atoms with Gasteiger partial charge in [-0.25, -0.2) is 0 Å². The molecule has 7 heteroatoms. The Morgan fingerprint density at radius 3 is 2.96 bits per heavy atom. The summed E-state index contributed by atoms with van der Waals surface area (Å²) in [6, 6.07) is 9.98. The Kier molecular flexibility index (Phi) is 4.09. The third-order valence-corrected chi connectivity index (χ3v) is 5.09. The largest absolute Gasteiger partial charge is 0.469 e. The highest BCUT2D eigenvalue weighted by Crippen LogP contribution is 2.33. The van der Waals surface area contributed by atoms with Gasteiger partial charge in [-0.15, -0.1) is 10.2 Å². The molecule has 3 heterocycles. The van der Waals surface area contributed by atoms with Crippen LogP contribution in [0.3, 0.4) is 0 Å². The number of aromatic nitrogens is 2. The van der Waals surface area contributed by atoms with Gasteiger partial charge < -0.3 is 13.7 Å². The fraction of sp³-hybridized carbons (Fsp3) is 0.278. The molecule has 1 amide bonds. The van der Waals surface area contributed by atoms with Gasteiger partial charge in [-0.1, -0.05) is 30.0 Å². The second kappa shape index (κ2) is 6.40. The van der Waals surface area contributed by atoms with Crippen molar-refractivity contribution in [1.29, 1.82) is 0 Å². The van der Waals surface area contributed by atoms with Crippen LogP contribution < -0.4 is 4.90 Å². The monoisotopic (exact) mass is 355 g/mol. The Hall–Kier alpha value is -2.54. The molecule has 25 heavy (non-hydrogen) atoms. The number of carbonyl (C=O) groups excluding carboxylic acids is 1. The SMILES string of the molecule is Cc1occc1-c1nnc(SCC(=O)N2c3ccccc3C[C@H]2C)o1. The van der Waals surface area contributed by atoms with Crippen molar-refractivity contribution < 1.29 is 13.6 Å². The first kappa shape index (κ1) is 16.0. The van der Waals surface area contributed by atoms with E-state index in [9.17, 15) is 4.79 Å². The molecular formula is C18H17N3O3S. The number of fused-ring (bicyclic) bond motifs is 1. The number of rotatable bonds is 4. The van der Waals surface area contributed by atoms with Gasteiger partial charge in [0, 0.05) is 11.7 Å². The summed E-state index contributed by atoms with van der Waals surface area (Å²) in [5.41, 5.74) is 2.98. The second-order valence-corrected chi connectivity index (χ2v) is 6.92. The highest BCUT2D eigenvalue weighted by atomic mass is 32.2. The Labute approximate surface area is 149 Å². The lowest BCUT2D eigenvalue weighted by molar-refractivity contribution is -0.116. The smallest absolute Gasteiger partial charge is 0.277 e. The number of carbonyl (C=O) groups is 1. The van der Waals surface area contributed by atoms with E-state index < -0.39 is 0 Å². The minimum Gasteiger partial charge on any atom is -0.469 e. The quantitative estimate of drug-likeness (QED) is 0.664. The Bertz CT molecular complexity index is 918. The molecular weight excluding hydrogens is 338 g/mol. The molecule has 1 aromatic carbocycles. The Balaban J connectivity index is 1.45. The lowest BCUT2D eigenvalue weighted by Gasteiger charge is -2.22. The summed E-state index contributed by atoms with van der Waals surface area (Å²) in [4.78, 5) is 14.5. The van der Waals surface area contributed by atoms with Crippen molar-refractivity contribution >= 4 is 23.4 Å². The fourth-order valence-corrected chi connectivity index (χ4v) is 3.74.